The Morgan fingerprint density at radius 2 is 1.84 bits per heavy atom. The summed E-state index contributed by atoms with van der Waals surface area (Å²) in [5.74, 6) is 0.550. The van der Waals surface area contributed by atoms with Crippen LogP contribution in [-0.2, 0) is 0 Å². The normalized spacial score (nSPS) is 10.4. The van der Waals surface area contributed by atoms with Gasteiger partial charge < -0.3 is 19.2 Å². The van der Waals surface area contributed by atoms with E-state index in [9.17, 15) is 4.79 Å². The summed E-state index contributed by atoms with van der Waals surface area (Å²) in [6, 6.07) is 12.0. The van der Waals surface area contributed by atoms with Crippen molar-refractivity contribution in [1.82, 2.24) is 10.2 Å². The number of ether oxygens (including phenoxy) is 2. The Labute approximate surface area is 148 Å². The Morgan fingerprint density at radius 1 is 1.08 bits per heavy atom. The number of para-hydroxylation sites is 1. The largest absolute Gasteiger partial charge is 0.496 e. The average Bonchev–Trinajstić information content (AvgIpc) is 3.12. The van der Waals surface area contributed by atoms with E-state index in [1.807, 2.05) is 6.07 Å². The first-order chi connectivity index (χ1) is 12.1. The van der Waals surface area contributed by atoms with E-state index in [0.717, 1.165) is 0 Å². The molecule has 0 aliphatic carbocycles. The van der Waals surface area contributed by atoms with Crippen LogP contribution in [0.3, 0.4) is 0 Å². The fourth-order valence-electron chi connectivity index (χ4n) is 2.17. The number of carbonyl (C=O) groups is 1. The number of aromatic nitrogens is 2. The molecule has 0 saturated carbocycles. The molecule has 0 unspecified atom stereocenters. The van der Waals surface area contributed by atoms with Gasteiger partial charge in [-0.25, -0.2) is 0 Å². The number of rotatable bonds is 5. The molecule has 0 radical (unpaired) electrons. The van der Waals surface area contributed by atoms with E-state index < -0.39 is 5.91 Å². The lowest BCUT2D eigenvalue weighted by molar-refractivity contribution is 0.0991. The molecule has 0 atom stereocenters. The van der Waals surface area contributed by atoms with Gasteiger partial charge in [-0.2, -0.15) is 0 Å². The van der Waals surface area contributed by atoms with Gasteiger partial charge in [0.15, 0.2) is 0 Å². The van der Waals surface area contributed by atoms with Crippen LogP contribution in [0, 0.1) is 0 Å². The second kappa shape index (κ2) is 7.23. The standard InChI is InChI=1S/C17H14ClN3O4/c1-23-13-6-4-3-5-11(13)16-20-21-17(25-16)15(22)19-10-7-8-14(24-2)12(18)9-10/h3-9H,1-2H3,(H,19,22). The van der Waals surface area contributed by atoms with Gasteiger partial charge in [0.05, 0.1) is 24.8 Å². The summed E-state index contributed by atoms with van der Waals surface area (Å²) < 4.78 is 15.8. The molecule has 1 aromatic heterocycles. The van der Waals surface area contributed by atoms with Gasteiger partial charge >= 0.3 is 11.8 Å². The summed E-state index contributed by atoms with van der Waals surface area (Å²) in [5.41, 5.74) is 1.08. The molecule has 0 fully saturated rings. The molecule has 1 amide bonds. The first-order valence-corrected chi connectivity index (χ1v) is 7.62. The maximum absolute atomic E-state index is 12.3. The van der Waals surface area contributed by atoms with E-state index in [0.29, 0.717) is 27.8 Å². The zero-order valence-electron chi connectivity index (χ0n) is 13.4. The number of nitrogens with zero attached hydrogens (tertiary/aromatic N) is 2. The molecular weight excluding hydrogens is 346 g/mol. The third-order valence-corrected chi connectivity index (χ3v) is 3.66. The van der Waals surface area contributed by atoms with Crippen LogP contribution in [0.15, 0.2) is 46.9 Å². The van der Waals surface area contributed by atoms with Crippen molar-refractivity contribution in [2.45, 2.75) is 0 Å². The van der Waals surface area contributed by atoms with E-state index in [4.69, 9.17) is 25.5 Å². The van der Waals surface area contributed by atoms with Crippen molar-refractivity contribution in [3.8, 4) is 23.0 Å². The predicted octanol–water partition coefficient (Wildman–Crippen LogP) is 3.66. The minimum Gasteiger partial charge on any atom is -0.496 e. The molecular formula is C17H14ClN3O4. The Bertz CT molecular complexity index is 910. The minimum atomic E-state index is -0.546. The van der Waals surface area contributed by atoms with Crippen LogP contribution in [0.2, 0.25) is 5.02 Å². The fourth-order valence-corrected chi connectivity index (χ4v) is 2.43. The van der Waals surface area contributed by atoms with E-state index >= 15 is 0 Å². The van der Waals surface area contributed by atoms with Gasteiger partial charge in [0, 0.05) is 5.69 Å². The summed E-state index contributed by atoms with van der Waals surface area (Å²) in [6.07, 6.45) is 0. The van der Waals surface area contributed by atoms with Gasteiger partial charge in [-0.1, -0.05) is 23.7 Å². The Kier molecular flexibility index (Phi) is 4.85. The molecule has 2 aromatic carbocycles. The Balaban J connectivity index is 1.80. The van der Waals surface area contributed by atoms with Gasteiger partial charge in [-0.05, 0) is 30.3 Å². The highest BCUT2D eigenvalue weighted by Gasteiger charge is 2.18. The Hall–Kier alpha value is -3.06. The number of halogens is 1. The second-order valence-electron chi connectivity index (χ2n) is 4.92. The van der Waals surface area contributed by atoms with Crippen molar-refractivity contribution in [2.75, 3.05) is 19.5 Å². The molecule has 3 aromatic rings. The molecule has 0 bridgehead atoms. The molecule has 1 N–H and O–H groups in total. The summed E-state index contributed by atoms with van der Waals surface area (Å²) in [4.78, 5) is 12.3. The zero-order chi connectivity index (χ0) is 17.8. The number of amides is 1. The molecule has 7 nitrogen and oxygen atoms in total. The van der Waals surface area contributed by atoms with Gasteiger partial charge in [-0.3, -0.25) is 4.79 Å². The molecule has 0 aliphatic rings. The number of methoxy groups -OCH3 is 2. The fraction of sp³-hybridized carbons (Fsp3) is 0.118. The first kappa shape index (κ1) is 16.8. The smallest absolute Gasteiger partial charge is 0.313 e. The molecule has 0 spiro atoms. The molecule has 8 heteroatoms. The highest BCUT2D eigenvalue weighted by Crippen LogP contribution is 2.29. The van der Waals surface area contributed by atoms with Crippen molar-refractivity contribution in [3.63, 3.8) is 0 Å². The number of hydrogen-bond donors (Lipinski definition) is 1. The number of hydrogen-bond acceptors (Lipinski definition) is 6. The number of nitrogens with one attached hydrogen (secondary N) is 1. The third kappa shape index (κ3) is 3.56. The van der Waals surface area contributed by atoms with Crippen LogP contribution in [0.25, 0.3) is 11.5 Å². The van der Waals surface area contributed by atoms with Crippen LogP contribution < -0.4 is 14.8 Å². The Morgan fingerprint density at radius 3 is 2.56 bits per heavy atom. The number of carbonyl (C=O) groups excluding carboxylic acids is 1. The van der Waals surface area contributed by atoms with Crippen molar-refractivity contribution in [1.29, 1.82) is 0 Å². The molecule has 25 heavy (non-hydrogen) atoms. The van der Waals surface area contributed by atoms with Crippen molar-refractivity contribution in [2.24, 2.45) is 0 Å². The highest BCUT2D eigenvalue weighted by molar-refractivity contribution is 6.32. The van der Waals surface area contributed by atoms with Crippen LogP contribution >= 0.6 is 11.6 Å². The van der Waals surface area contributed by atoms with E-state index in [-0.39, 0.29) is 11.8 Å². The van der Waals surface area contributed by atoms with Crippen molar-refractivity contribution < 1.29 is 18.7 Å². The predicted molar refractivity (Wildman–Crippen MR) is 92.2 cm³/mol. The van der Waals surface area contributed by atoms with Gasteiger partial charge in [0.25, 0.3) is 5.89 Å². The van der Waals surface area contributed by atoms with Gasteiger partial charge in [-0.15, -0.1) is 10.2 Å². The SMILES string of the molecule is COc1ccc(NC(=O)c2nnc(-c3ccccc3OC)o2)cc1Cl. The zero-order valence-corrected chi connectivity index (χ0v) is 14.2. The molecule has 0 saturated heterocycles. The average molecular weight is 360 g/mol. The van der Waals surface area contributed by atoms with E-state index in [1.165, 1.54) is 14.2 Å². The molecule has 128 valence electrons. The van der Waals surface area contributed by atoms with Crippen LogP contribution in [0.5, 0.6) is 11.5 Å². The topological polar surface area (TPSA) is 86.5 Å². The maximum atomic E-state index is 12.3. The van der Waals surface area contributed by atoms with E-state index in [2.05, 4.69) is 15.5 Å². The van der Waals surface area contributed by atoms with Crippen molar-refractivity contribution >= 4 is 23.2 Å². The quantitative estimate of drug-likeness (QED) is 0.748. The van der Waals surface area contributed by atoms with E-state index in [1.54, 1.807) is 36.4 Å². The van der Waals surface area contributed by atoms with Crippen LogP contribution in [0.1, 0.15) is 10.7 Å². The summed E-state index contributed by atoms with van der Waals surface area (Å²) in [7, 11) is 3.05. The first-order valence-electron chi connectivity index (χ1n) is 7.24. The van der Waals surface area contributed by atoms with Gasteiger partial charge in [0.2, 0.25) is 0 Å². The lowest BCUT2D eigenvalue weighted by Gasteiger charge is -2.06. The summed E-state index contributed by atoms with van der Waals surface area (Å²) >= 11 is 6.03. The number of benzene rings is 2. The summed E-state index contributed by atoms with van der Waals surface area (Å²) in [5, 5.41) is 10.7. The van der Waals surface area contributed by atoms with Crippen LogP contribution in [0.4, 0.5) is 5.69 Å². The van der Waals surface area contributed by atoms with Gasteiger partial charge in [0.1, 0.15) is 11.5 Å². The minimum absolute atomic E-state index is 0.173. The molecule has 0 aliphatic heterocycles. The van der Waals surface area contributed by atoms with Crippen LogP contribution in [-0.4, -0.2) is 30.3 Å². The highest BCUT2D eigenvalue weighted by atomic mass is 35.5. The molecule has 3 rings (SSSR count). The van der Waals surface area contributed by atoms with Crippen molar-refractivity contribution in [3.05, 3.63) is 53.4 Å². The lowest BCUT2D eigenvalue weighted by atomic mass is 10.2. The molecule has 1 heterocycles. The third-order valence-electron chi connectivity index (χ3n) is 3.37. The monoisotopic (exact) mass is 359 g/mol. The number of anilines is 1. The lowest BCUT2D eigenvalue weighted by Crippen LogP contribution is -2.12. The summed E-state index contributed by atoms with van der Waals surface area (Å²) in [6.45, 7) is 0. The second-order valence-corrected chi connectivity index (χ2v) is 5.32. The maximum Gasteiger partial charge on any atom is 0.313 e.